The van der Waals surface area contributed by atoms with E-state index in [1.807, 2.05) is 24.3 Å². The maximum atomic E-state index is 11.7. The second kappa shape index (κ2) is 6.13. The second-order valence-electron chi connectivity index (χ2n) is 4.30. The molecule has 0 aliphatic carbocycles. The SMILES string of the molecule is C=CNC(=O)N1CCN(c2ccccc2OC)CC1. The molecule has 0 spiro atoms. The monoisotopic (exact) mass is 261 g/mol. The van der Waals surface area contributed by atoms with Gasteiger partial charge in [0.2, 0.25) is 0 Å². The van der Waals surface area contributed by atoms with Crippen LogP contribution in [0, 0.1) is 0 Å². The molecule has 1 aliphatic rings. The Balaban J connectivity index is 2.00. The highest BCUT2D eigenvalue weighted by atomic mass is 16.5. The largest absolute Gasteiger partial charge is 0.495 e. The van der Waals surface area contributed by atoms with E-state index in [0.29, 0.717) is 13.1 Å². The first-order valence-corrected chi connectivity index (χ1v) is 6.30. The molecule has 0 atom stereocenters. The van der Waals surface area contributed by atoms with Gasteiger partial charge < -0.3 is 19.9 Å². The number of anilines is 1. The number of carbonyl (C=O) groups excluding carboxylic acids is 1. The van der Waals surface area contributed by atoms with Gasteiger partial charge in [0.25, 0.3) is 0 Å². The first kappa shape index (κ1) is 13.3. The zero-order chi connectivity index (χ0) is 13.7. The lowest BCUT2D eigenvalue weighted by Crippen LogP contribution is -2.51. The van der Waals surface area contributed by atoms with E-state index in [2.05, 4.69) is 16.8 Å². The lowest BCUT2D eigenvalue weighted by Gasteiger charge is -2.36. The van der Waals surface area contributed by atoms with E-state index in [9.17, 15) is 4.79 Å². The van der Waals surface area contributed by atoms with Gasteiger partial charge in [-0.25, -0.2) is 4.79 Å². The third-order valence-electron chi connectivity index (χ3n) is 3.22. The Morgan fingerprint density at radius 1 is 1.32 bits per heavy atom. The van der Waals surface area contributed by atoms with Crippen molar-refractivity contribution in [3.05, 3.63) is 37.0 Å². The van der Waals surface area contributed by atoms with Crippen LogP contribution in [-0.4, -0.2) is 44.2 Å². The zero-order valence-corrected chi connectivity index (χ0v) is 11.1. The average molecular weight is 261 g/mol. The van der Waals surface area contributed by atoms with Gasteiger partial charge in [-0.15, -0.1) is 0 Å². The third-order valence-corrected chi connectivity index (χ3v) is 3.22. The van der Waals surface area contributed by atoms with E-state index in [1.54, 1.807) is 12.0 Å². The number of methoxy groups -OCH3 is 1. The number of para-hydroxylation sites is 2. The van der Waals surface area contributed by atoms with Crippen molar-refractivity contribution in [3.63, 3.8) is 0 Å². The Labute approximate surface area is 113 Å². The summed E-state index contributed by atoms with van der Waals surface area (Å²) in [6.07, 6.45) is 1.41. The number of benzene rings is 1. The predicted octanol–water partition coefficient (Wildman–Crippen LogP) is 1.67. The molecule has 0 aromatic heterocycles. The van der Waals surface area contributed by atoms with Gasteiger partial charge in [0.1, 0.15) is 5.75 Å². The summed E-state index contributed by atoms with van der Waals surface area (Å²) in [5.74, 6) is 0.867. The molecule has 0 unspecified atom stereocenters. The summed E-state index contributed by atoms with van der Waals surface area (Å²) in [6.45, 7) is 6.47. The van der Waals surface area contributed by atoms with Gasteiger partial charge in [-0.2, -0.15) is 0 Å². The Hall–Kier alpha value is -2.17. The van der Waals surface area contributed by atoms with Gasteiger partial charge >= 0.3 is 6.03 Å². The van der Waals surface area contributed by atoms with Gasteiger partial charge in [0.15, 0.2) is 0 Å². The Bertz CT molecular complexity index is 454. The highest BCUT2D eigenvalue weighted by molar-refractivity contribution is 5.75. The molecule has 0 bridgehead atoms. The van der Waals surface area contributed by atoms with Crippen LogP contribution < -0.4 is 15.0 Å². The minimum absolute atomic E-state index is 0.0883. The number of rotatable bonds is 3. The van der Waals surface area contributed by atoms with Gasteiger partial charge in [-0.3, -0.25) is 0 Å². The molecule has 2 amide bonds. The molecule has 1 aromatic carbocycles. The lowest BCUT2D eigenvalue weighted by molar-refractivity contribution is 0.198. The van der Waals surface area contributed by atoms with Crippen molar-refractivity contribution >= 4 is 11.7 Å². The van der Waals surface area contributed by atoms with Crippen LogP contribution in [0.2, 0.25) is 0 Å². The number of urea groups is 1. The van der Waals surface area contributed by atoms with Crippen molar-refractivity contribution in [1.29, 1.82) is 0 Å². The summed E-state index contributed by atoms with van der Waals surface area (Å²) in [4.78, 5) is 15.7. The Morgan fingerprint density at radius 2 is 2.00 bits per heavy atom. The van der Waals surface area contributed by atoms with Crippen molar-refractivity contribution in [2.45, 2.75) is 0 Å². The second-order valence-corrected chi connectivity index (χ2v) is 4.30. The molecule has 1 heterocycles. The average Bonchev–Trinajstić information content (AvgIpc) is 2.47. The summed E-state index contributed by atoms with van der Waals surface area (Å²) in [5.41, 5.74) is 1.08. The number of carbonyl (C=O) groups is 1. The summed E-state index contributed by atoms with van der Waals surface area (Å²) in [6, 6.07) is 7.85. The quantitative estimate of drug-likeness (QED) is 0.900. The molecule has 1 aromatic rings. The molecule has 2 rings (SSSR count). The Kier molecular flexibility index (Phi) is 4.28. The van der Waals surface area contributed by atoms with E-state index in [4.69, 9.17) is 4.74 Å². The number of amides is 2. The number of hydrogen-bond acceptors (Lipinski definition) is 3. The smallest absolute Gasteiger partial charge is 0.321 e. The van der Waals surface area contributed by atoms with E-state index in [1.165, 1.54) is 6.20 Å². The minimum Gasteiger partial charge on any atom is -0.495 e. The summed E-state index contributed by atoms with van der Waals surface area (Å²) >= 11 is 0. The molecule has 19 heavy (non-hydrogen) atoms. The molecular weight excluding hydrogens is 242 g/mol. The van der Waals surface area contributed by atoms with Gasteiger partial charge in [0.05, 0.1) is 12.8 Å². The predicted molar refractivity (Wildman–Crippen MR) is 75.5 cm³/mol. The van der Waals surface area contributed by atoms with E-state index < -0.39 is 0 Å². The summed E-state index contributed by atoms with van der Waals surface area (Å²) in [7, 11) is 1.67. The fraction of sp³-hybridized carbons (Fsp3) is 0.357. The normalized spacial score (nSPS) is 15.0. The number of hydrogen-bond donors (Lipinski definition) is 1. The van der Waals surface area contributed by atoms with Gasteiger partial charge in [-0.1, -0.05) is 18.7 Å². The molecule has 1 saturated heterocycles. The Morgan fingerprint density at radius 3 is 2.63 bits per heavy atom. The topological polar surface area (TPSA) is 44.8 Å². The van der Waals surface area contributed by atoms with Crippen LogP contribution in [0.4, 0.5) is 10.5 Å². The van der Waals surface area contributed by atoms with Crippen molar-refractivity contribution < 1.29 is 9.53 Å². The van der Waals surface area contributed by atoms with Crippen LogP contribution in [0.15, 0.2) is 37.0 Å². The van der Waals surface area contributed by atoms with Crippen LogP contribution in [-0.2, 0) is 0 Å². The highest BCUT2D eigenvalue weighted by Gasteiger charge is 2.22. The van der Waals surface area contributed by atoms with Crippen molar-refractivity contribution in [1.82, 2.24) is 10.2 Å². The molecule has 1 aliphatic heterocycles. The fourth-order valence-electron chi connectivity index (χ4n) is 2.22. The van der Waals surface area contributed by atoms with Crippen LogP contribution in [0.25, 0.3) is 0 Å². The van der Waals surface area contributed by atoms with Crippen LogP contribution in [0.3, 0.4) is 0 Å². The highest BCUT2D eigenvalue weighted by Crippen LogP contribution is 2.28. The molecule has 5 nitrogen and oxygen atoms in total. The van der Waals surface area contributed by atoms with Crippen LogP contribution in [0.5, 0.6) is 5.75 Å². The number of nitrogens with one attached hydrogen (secondary N) is 1. The molecule has 0 radical (unpaired) electrons. The number of piperazine rings is 1. The first-order valence-electron chi connectivity index (χ1n) is 6.30. The molecule has 5 heteroatoms. The van der Waals surface area contributed by atoms with Crippen molar-refractivity contribution in [2.24, 2.45) is 0 Å². The van der Waals surface area contributed by atoms with Gasteiger partial charge in [0, 0.05) is 26.2 Å². The van der Waals surface area contributed by atoms with Crippen LogP contribution in [0.1, 0.15) is 0 Å². The fourth-order valence-corrected chi connectivity index (χ4v) is 2.22. The molecular formula is C14H19N3O2. The first-order chi connectivity index (χ1) is 9.26. The molecule has 0 saturated carbocycles. The zero-order valence-electron chi connectivity index (χ0n) is 11.1. The van der Waals surface area contributed by atoms with E-state index in [-0.39, 0.29) is 6.03 Å². The molecule has 1 fully saturated rings. The van der Waals surface area contributed by atoms with Crippen LogP contribution >= 0.6 is 0 Å². The molecule has 1 N–H and O–H groups in total. The standard InChI is InChI=1S/C14H19N3O2/c1-3-15-14(18)17-10-8-16(9-11-17)12-6-4-5-7-13(12)19-2/h3-7H,1,8-11H2,2H3,(H,15,18). The lowest BCUT2D eigenvalue weighted by atomic mass is 10.2. The van der Waals surface area contributed by atoms with Crippen molar-refractivity contribution in [3.8, 4) is 5.75 Å². The maximum Gasteiger partial charge on any atom is 0.321 e. The summed E-state index contributed by atoms with van der Waals surface area (Å²) in [5, 5.41) is 2.60. The van der Waals surface area contributed by atoms with Crippen molar-refractivity contribution in [2.75, 3.05) is 38.2 Å². The summed E-state index contributed by atoms with van der Waals surface area (Å²) < 4.78 is 5.36. The number of nitrogens with zero attached hydrogens (tertiary/aromatic N) is 2. The van der Waals surface area contributed by atoms with E-state index in [0.717, 1.165) is 24.5 Å². The minimum atomic E-state index is -0.0883. The third kappa shape index (κ3) is 2.99. The van der Waals surface area contributed by atoms with Gasteiger partial charge in [-0.05, 0) is 18.3 Å². The number of ether oxygens (including phenoxy) is 1. The molecule has 102 valence electrons. The van der Waals surface area contributed by atoms with E-state index >= 15 is 0 Å². The maximum absolute atomic E-state index is 11.7.